The van der Waals surface area contributed by atoms with E-state index in [2.05, 4.69) is 105 Å². The second-order valence-electron chi connectivity index (χ2n) is 6.89. The van der Waals surface area contributed by atoms with Crippen LogP contribution in [0.3, 0.4) is 0 Å². The molecule has 0 aromatic heterocycles. The first-order valence-electron chi connectivity index (χ1n) is 8.51. The van der Waals surface area contributed by atoms with Crippen molar-refractivity contribution >= 4 is 48.2 Å². The summed E-state index contributed by atoms with van der Waals surface area (Å²) in [6.45, 7) is 0. The summed E-state index contributed by atoms with van der Waals surface area (Å²) in [7, 11) is 0. The Morgan fingerprint density at radius 3 is 2.68 bits per heavy atom. The smallest absolute Gasteiger partial charge is 0.0732 e. The Kier molecular flexibility index (Phi) is 3.55. The van der Waals surface area contributed by atoms with E-state index in [1.165, 1.54) is 38.6 Å². The number of rotatable bonds is 1. The molecule has 0 fully saturated rings. The Morgan fingerprint density at radius 1 is 0.920 bits per heavy atom. The third-order valence-electron chi connectivity index (χ3n) is 5.36. The summed E-state index contributed by atoms with van der Waals surface area (Å²) in [5, 5.41) is 2.62. The zero-order valence-corrected chi connectivity index (χ0v) is 16.8. The zero-order valence-electron chi connectivity index (χ0n) is 13.6. The minimum absolute atomic E-state index is 0.133. The number of halogens is 2. The van der Waals surface area contributed by atoms with Gasteiger partial charge in [-0.3, -0.25) is 0 Å². The van der Waals surface area contributed by atoms with Crippen LogP contribution in [0.15, 0.2) is 82.9 Å². The lowest BCUT2D eigenvalue weighted by Crippen LogP contribution is -2.19. The molecule has 0 aliphatic heterocycles. The number of hydrogen-bond acceptors (Lipinski definition) is 0. The van der Waals surface area contributed by atoms with Gasteiger partial charge in [0.25, 0.3) is 0 Å². The van der Waals surface area contributed by atoms with Crippen molar-refractivity contribution < 1.29 is 0 Å². The lowest BCUT2D eigenvalue weighted by atomic mass is 9.83. The number of hydrogen-bond donors (Lipinski definition) is 0. The van der Waals surface area contributed by atoms with Gasteiger partial charge in [-0.2, -0.15) is 0 Å². The van der Waals surface area contributed by atoms with Gasteiger partial charge in [0.1, 0.15) is 0 Å². The van der Waals surface area contributed by atoms with Crippen LogP contribution in [-0.2, 0) is 10.7 Å². The predicted molar refractivity (Wildman–Crippen MR) is 113 cm³/mol. The van der Waals surface area contributed by atoms with E-state index in [1.807, 2.05) is 0 Å². The molecule has 0 N–H and O–H groups in total. The highest BCUT2D eigenvalue weighted by atomic mass is 79.9. The molecule has 2 aliphatic rings. The molecule has 0 heterocycles. The largest absolute Gasteiger partial charge is 0.0751 e. The van der Waals surface area contributed by atoms with Crippen LogP contribution in [0.2, 0.25) is 0 Å². The van der Waals surface area contributed by atoms with Crippen molar-refractivity contribution in [3.8, 4) is 0 Å². The lowest BCUT2D eigenvalue weighted by molar-refractivity contribution is 0.761. The summed E-state index contributed by atoms with van der Waals surface area (Å²) in [5.41, 5.74) is 7.12. The fraction of sp³-hybridized carbons (Fsp3) is 0.130. The normalized spacial score (nSPS) is 21.5. The summed E-state index contributed by atoms with van der Waals surface area (Å²) >= 11 is 7.70. The molecule has 0 saturated carbocycles. The second-order valence-corrected chi connectivity index (χ2v) is 9.23. The maximum absolute atomic E-state index is 4.09. The molecule has 1 unspecified atom stereocenters. The Morgan fingerprint density at radius 2 is 1.76 bits per heavy atom. The first kappa shape index (κ1) is 15.6. The molecule has 0 bridgehead atoms. The zero-order chi connectivity index (χ0) is 17.0. The van der Waals surface area contributed by atoms with E-state index in [9.17, 15) is 0 Å². The van der Waals surface area contributed by atoms with Crippen molar-refractivity contribution in [1.29, 1.82) is 0 Å². The van der Waals surface area contributed by atoms with Crippen LogP contribution in [-0.4, -0.2) is 0 Å². The fourth-order valence-electron chi connectivity index (χ4n) is 4.21. The molecule has 0 radical (unpaired) electrons. The number of alkyl halides is 1. The molecule has 5 rings (SSSR count). The van der Waals surface area contributed by atoms with Crippen LogP contribution >= 0.6 is 31.9 Å². The van der Waals surface area contributed by atoms with E-state index in [0.29, 0.717) is 0 Å². The molecule has 1 atom stereocenters. The van der Waals surface area contributed by atoms with Gasteiger partial charge in [-0.1, -0.05) is 98.1 Å². The molecule has 2 aliphatic carbocycles. The van der Waals surface area contributed by atoms with E-state index in [-0.39, 0.29) is 4.32 Å². The molecule has 0 nitrogen and oxygen atoms in total. The molecule has 25 heavy (non-hydrogen) atoms. The van der Waals surface area contributed by atoms with Crippen molar-refractivity contribution in [2.75, 3.05) is 0 Å². The minimum Gasteiger partial charge on any atom is -0.0751 e. The average Bonchev–Trinajstić information content (AvgIpc) is 2.97. The van der Waals surface area contributed by atoms with E-state index in [1.54, 1.807) is 0 Å². The first-order valence-corrected chi connectivity index (χ1v) is 10.1. The van der Waals surface area contributed by atoms with Crippen LogP contribution < -0.4 is 0 Å². The summed E-state index contributed by atoms with van der Waals surface area (Å²) in [6, 6.07) is 21.9. The average molecular weight is 452 g/mol. The standard InChI is InChI=1S/C23H16Br2/c24-18-8-9-19-16(13-18)12-17-14-23(25,11-10-20(17)19)22-7-3-5-15-4-1-2-6-21(15)22/h1-11,13H,12,14H2. The molecule has 0 spiro atoms. The van der Waals surface area contributed by atoms with Crippen molar-refractivity contribution in [2.45, 2.75) is 17.2 Å². The maximum atomic E-state index is 4.09. The molecular formula is C23H16Br2. The topological polar surface area (TPSA) is 0 Å². The highest BCUT2D eigenvalue weighted by molar-refractivity contribution is 9.10. The SMILES string of the molecule is Brc1ccc2c(c1)CC1=C2C=CC(Br)(c2cccc3ccccc23)C1. The minimum atomic E-state index is -0.133. The molecule has 122 valence electrons. The summed E-state index contributed by atoms with van der Waals surface area (Å²) < 4.78 is 1.03. The van der Waals surface area contributed by atoms with Gasteiger partial charge in [-0.05, 0) is 58.0 Å². The van der Waals surface area contributed by atoms with E-state index in [0.717, 1.165) is 17.3 Å². The summed E-state index contributed by atoms with van der Waals surface area (Å²) in [6.07, 6.45) is 6.71. The Bertz CT molecular complexity index is 1070. The van der Waals surface area contributed by atoms with Gasteiger partial charge in [0.15, 0.2) is 0 Å². The number of benzene rings is 3. The lowest BCUT2D eigenvalue weighted by Gasteiger charge is -2.30. The van der Waals surface area contributed by atoms with Crippen molar-refractivity contribution in [1.82, 2.24) is 0 Å². The molecule has 0 saturated heterocycles. The van der Waals surface area contributed by atoms with Crippen molar-refractivity contribution in [2.24, 2.45) is 0 Å². The number of fused-ring (bicyclic) bond motifs is 3. The monoisotopic (exact) mass is 450 g/mol. The first-order chi connectivity index (χ1) is 12.1. The quantitative estimate of drug-likeness (QED) is 0.344. The van der Waals surface area contributed by atoms with Crippen LogP contribution in [0, 0.1) is 0 Å². The molecule has 3 aromatic carbocycles. The third-order valence-corrected chi connectivity index (χ3v) is 6.83. The van der Waals surface area contributed by atoms with E-state index in [4.69, 9.17) is 0 Å². The number of allylic oxidation sites excluding steroid dienone is 4. The van der Waals surface area contributed by atoms with Gasteiger partial charge in [0.05, 0.1) is 4.32 Å². The molecular weight excluding hydrogens is 436 g/mol. The summed E-state index contributed by atoms with van der Waals surface area (Å²) in [4.78, 5) is 0. The molecule has 0 amide bonds. The Balaban J connectivity index is 1.59. The second kappa shape index (κ2) is 5.69. The van der Waals surface area contributed by atoms with Gasteiger partial charge >= 0.3 is 0 Å². The van der Waals surface area contributed by atoms with E-state index >= 15 is 0 Å². The van der Waals surface area contributed by atoms with E-state index < -0.39 is 0 Å². The predicted octanol–water partition coefficient (Wildman–Crippen LogP) is 7.16. The maximum Gasteiger partial charge on any atom is 0.0732 e. The fourth-order valence-corrected chi connectivity index (χ4v) is 5.43. The summed E-state index contributed by atoms with van der Waals surface area (Å²) in [5.74, 6) is 0. The van der Waals surface area contributed by atoms with Gasteiger partial charge in [-0.25, -0.2) is 0 Å². The van der Waals surface area contributed by atoms with Gasteiger partial charge in [0, 0.05) is 4.47 Å². The highest BCUT2D eigenvalue weighted by Crippen LogP contribution is 2.50. The van der Waals surface area contributed by atoms with Gasteiger partial charge in [0.2, 0.25) is 0 Å². The Hall–Kier alpha value is -1.64. The van der Waals surface area contributed by atoms with Crippen molar-refractivity contribution in [3.63, 3.8) is 0 Å². The Labute approximate surface area is 164 Å². The molecule has 3 aromatic rings. The third kappa shape index (κ3) is 2.46. The van der Waals surface area contributed by atoms with Crippen molar-refractivity contribution in [3.05, 3.63) is 99.6 Å². The van der Waals surface area contributed by atoms with Gasteiger partial charge < -0.3 is 0 Å². The van der Waals surface area contributed by atoms with Crippen LogP contribution in [0.1, 0.15) is 23.1 Å². The molecule has 2 heteroatoms. The van der Waals surface area contributed by atoms with Crippen LogP contribution in [0.5, 0.6) is 0 Å². The van der Waals surface area contributed by atoms with Crippen LogP contribution in [0.25, 0.3) is 16.3 Å². The van der Waals surface area contributed by atoms with Crippen LogP contribution in [0.4, 0.5) is 0 Å². The van der Waals surface area contributed by atoms with Gasteiger partial charge in [-0.15, -0.1) is 0 Å². The highest BCUT2D eigenvalue weighted by Gasteiger charge is 2.35.